The van der Waals surface area contributed by atoms with Crippen LogP contribution in [0.2, 0.25) is 0 Å². The number of Topliss-reactive ketones (excluding diaryl/α,β-unsaturated/α-hetero) is 1. The van der Waals surface area contributed by atoms with Crippen molar-refractivity contribution in [1.29, 1.82) is 0 Å². The Morgan fingerprint density at radius 3 is 2.61 bits per heavy atom. The molecule has 2 amide bonds. The normalized spacial score (nSPS) is 16.7. The van der Waals surface area contributed by atoms with Gasteiger partial charge in [-0.2, -0.15) is 0 Å². The number of imidazole rings is 1. The maximum atomic E-state index is 13.4. The average molecular weight is 531 g/mol. The molecule has 36 heavy (non-hydrogen) atoms. The van der Waals surface area contributed by atoms with Crippen molar-refractivity contribution in [2.75, 3.05) is 41.8 Å². The highest BCUT2D eigenvalue weighted by atomic mass is 32.2. The number of ether oxygens (including phenoxy) is 1. The number of morpholine rings is 1. The van der Waals surface area contributed by atoms with E-state index in [1.54, 1.807) is 6.07 Å². The summed E-state index contributed by atoms with van der Waals surface area (Å²) in [7, 11) is -3.85. The van der Waals surface area contributed by atoms with Crippen molar-refractivity contribution in [1.82, 2.24) is 15.0 Å². The van der Waals surface area contributed by atoms with E-state index in [1.165, 1.54) is 18.6 Å². The van der Waals surface area contributed by atoms with E-state index in [4.69, 9.17) is 4.74 Å². The Balaban J connectivity index is 1.34. The molecule has 3 aromatic rings. The van der Waals surface area contributed by atoms with Gasteiger partial charge in [0.1, 0.15) is 4.21 Å². The summed E-state index contributed by atoms with van der Waals surface area (Å²) in [6, 6.07) is 4.84. The smallest absolute Gasteiger partial charge is 0.325 e. The van der Waals surface area contributed by atoms with Crippen molar-refractivity contribution in [3.63, 3.8) is 0 Å². The largest absolute Gasteiger partial charge is 0.378 e. The third-order valence-electron chi connectivity index (χ3n) is 6.32. The minimum atomic E-state index is -3.85. The molecule has 0 bridgehead atoms. The van der Waals surface area contributed by atoms with Gasteiger partial charge >= 0.3 is 6.03 Å². The molecule has 3 N–H and O–H groups in total. The number of benzene rings is 1. The van der Waals surface area contributed by atoms with Gasteiger partial charge < -0.3 is 19.9 Å². The van der Waals surface area contributed by atoms with E-state index < -0.39 is 15.9 Å². The topological polar surface area (TPSA) is 146 Å². The summed E-state index contributed by atoms with van der Waals surface area (Å²) in [6.07, 6.45) is 7.66. The first-order chi connectivity index (χ1) is 17.4. The number of carbonyl (C=O) groups is 2. The van der Waals surface area contributed by atoms with E-state index >= 15 is 0 Å². The Morgan fingerprint density at radius 1 is 1.11 bits per heavy atom. The summed E-state index contributed by atoms with van der Waals surface area (Å²) >= 11 is 0.813. The van der Waals surface area contributed by atoms with Gasteiger partial charge in [-0.15, -0.1) is 0 Å². The molecule has 2 aromatic heterocycles. The number of nitrogens with zero attached hydrogens (tertiary/aromatic N) is 3. The first-order valence-electron chi connectivity index (χ1n) is 11.7. The van der Waals surface area contributed by atoms with Gasteiger partial charge in [0.2, 0.25) is 5.16 Å². The molecule has 190 valence electrons. The van der Waals surface area contributed by atoms with E-state index in [0.29, 0.717) is 24.5 Å². The summed E-state index contributed by atoms with van der Waals surface area (Å²) in [5, 5.41) is 5.23. The molecule has 13 heteroatoms. The van der Waals surface area contributed by atoms with E-state index in [0.717, 1.165) is 55.8 Å². The molecule has 1 aliphatic heterocycles. The van der Waals surface area contributed by atoms with Gasteiger partial charge in [0.15, 0.2) is 10.9 Å². The van der Waals surface area contributed by atoms with E-state index in [1.807, 2.05) is 12.1 Å². The van der Waals surface area contributed by atoms with Crippen molar-refractivity contribution in [3.8, 4) is 0 Å². The minimum absolute atomic E-state index is 0.0268. The third-order valence-corrected chi connectivity index (χ3v) is 9.30. The van der Waals surface area contributed by atoms with Gasteiger partial charge in [0.25, 0.3) is 9.84 Å². The molecule has 0 unspecified atom stereocenters. The first kappa shape index (κ1) is 24.4. The van der Waals surface area contributed by atoms with Crippen LogP contribution in [0.5, 0.6) is 0 Å². The molecule has 0 spiro atoms. The first-order valence-corrected chi connectivity index (χ1v) is 14.0. The second-order valence-electron chi connectivity index (χ2n) is 8.64. The zero-order chi connectivity index (χ0) is 25.1. The number of aromatic amines is 1. The van der Waals surface area contributed by atoms with Crippen molar-refractivity contribution < 1.29 is 22.7 Å². The van der Waals surface area contributed by atoms with E-state index in [9.17, 15) is 18.0 Å². The molecule has 2 aliphatic rings. The second kappa shape index (κ2) is 10.4. The van der Waals surface area contributed by atoms with Gasteiger partial charge in [0, 0.05) is 42.7 Å². The Labute approximate surface area is 212 Å². The number of rotatable bonds is 7. The molecule has 0 atom stereocenters. The van der Waals surface area contributed by atoms with Crippen LogP contribution in [0.1, 0.15) is 36.0 Å². The van der Waals surface area contributed by atoms with Crippen LogP contribution in [0.15, 0.2) is 46.2 Å². The van der Waals surface area contributed by atoms with Crippen LogP contribution in [0, 0.1) is 5.92 Å². The van der Waals surface area contributed by atoms with Crippen LogP contribution in [0.25, 0.3) is 0 Å². The van der Waals surface area contributed by atoms with Gasteiger partial charge in [-0.3, -0.25) is 10.1 Å². The number of hydrogen-bond donors (Lipinski definition) is 3. The lowest BCUT2D eigenvalue weighted by Gasteiger charge is -2.29. The van der Waals surface area contributed by atoms with Gasteiger partial charge in [0.05, 0.1) is 25.1 Å². The number of sulfone groups is 1. The van der Waals surface area contributed by atoms with Crippen molar-refractivity contribution in [3.05, 3.63) is 42.4 Å². The number of ketones is 1. The maximum absolute atomic E-state index is 13.4. The average Bonchev–Trinajstić information content (AvgIpc) is 3.68. The molecule has 1 saturated carbocycles. The number of H-pyrrole nitrogens is 1. The number of aromatic nitrogens is 3. The van der Waals surface area contributed by atoms with Crippen LogP contribution >= 0.6 is 11.3 Å². The van der Waals surface area contributed by atoms with Crippen molar-refractivity contribution >= 4 is 49.5 Å². The number of amides is 2. The fourth-order valence-electron chi connectivity index (χ4n) is 4.46. The summed E-state index contributed by atoms with van der Waals surface area (Å²) in [5.74, 6) is -0.0270. The molecule has 11 nitrogen and oxygen atoms in total. The molecule has 1 aliphatic carbocycles. The molecular formula is C23H26N6O5S2. The summed E-state index contributed by atoms with van der Waals surface area (Å²) in [4.78, 5) is 38.7. The highest BCUT2D eigenvalue weighted by molar-refractivity contribution is 7.93. The van der Waals surface area contributed by atoms with Crippen LogP contribution < -0.4 is 15.5 Å². The van der Waals surface area contributed by atoms with Crippen LogP contribution in [0.3, 0.4) is 0 Å². The Kier molecular flexibility index (Phi) is 7.03. The van der Waals surface area contributed by atoms with Crippen LogP contribution in [0.4, 0.5) is 21.3 Å². The number of nitrogens with one attached hydrogen (secondary N) is 3. The van der Waals surface area contributed by atoms with Gasteiger partial charge in [-0.1, -0.05) is 24.2 Å². The van der Waals surface area contributed by atoms with E-state index in [2.05, 4.69) is 30.5 Å². The predicted octanol–water partition coefficient (Wildman–Crippen LogP) is 3.55. The molecular weight excluding hydrogens is 504 g/mol. The zero-order valence-electron chi connectivity index (χ0n) is 19.4. The Hall–Kier alpha value is -3.29. The fraction of sp³-hybridized carbons (Fsp3) is 0.391. The molecule has 1 aromatic carbocycles. The lowest BCUT2D eigenvalue weighted by atomic mass is 9.94. The summed E-state index contributed by atoms with van der Waals surface area (Å²) in [5.41, 5.74) is 1.79. The molecule has 0 radical (unpaired) electrons. The van der Waals surface area contributed by atoms with Crippen LogP contribution in [-0.4, -0.2) is 61.5 Å². The molecule has 2 fully saturated rings. The standard InChI is InChI=1S/C23H26N6O5S2/c30-20(15-3-1-2-4-15)17-13-16(29-9-11-34-12-10-29)5-6-18(17)27-21(31)28-22-26-14-19(35-22)36(32,33)23-24-7-8-25-23/h5-8,13-15H,1-4,9-12H2,(H,24,25)(H2,26,27,28,31). The molecule has 3 heterocycles. The summed E-state index contributed by atoms with van der Waals surface area (Å²) in [6.45, 7) is 2.72. The van der Waals surface area contributed by atoms with Gasteiger partial charge in [-0.05, 0) is 31.0 Å². The fourth-order valence-corrected chi connectivity index (χ4v) is 6.72. The summed E-state index contributed by atoms with van der Waals surface area (Å²) < 4.78 is 30.6. The molecule has 5 rings (SSSR count). The lowest BCUT2D eigenvalue weighted by molar-refractivity contribution is 0.0923. The highest BCUT2D eigenvalue weighted by Gasteiger charge is 2.28. The number of urea groups is 1. The number of thiazole rings is 1. The second-order valence-corrected chi connectivity index (χ2v) is 11.8. The number of carbonyl (C=O) groups excluding carboxylic acids is 2. The molecule has 1 saturated heterocycles. The monoisotopic (exact) mass is 530 g/mol. The Morgan fingerprint density at radius 2 is 1.89 bits per heavy atom. The third kappa shape index (κ3) is 5.13. The Bertz CT molecular complexity index is 1340. The SMILES string of the molecule is O=C(Nc1ncc(S(=O)(=O)c2ncc[nH]2)s1)Nc1ccc(N2CCOCC2)cc1C(=O)C1CCCC1. The van der Waals surface area contributed by atoms with E-state index in [-0.39, 0.29) is 26.2 Å². The van der Waals surface area contributed by atoms with Crippen molar-refractivity contribution in [2.45, 2.75) is 35.0 Å². The minimum Gasteiger partial charge on any atom is -0.378 e. The van der Waals surface area contributed by atoms with Crippen LogP contribution in [-0.2, 0) is 14.6 Å². The number of anilines is 3. The maximum Gasteiger partial charge on any atom is 0.325 e. The number of hydrogen-bond acceptors (Lipinski definition) is 9. The highest BCUT2D eigenvalue weighted by Crippen LogP contribution is 2.33. The van der Waals surface area contributed by atoms with Gasteiger partial charge in [-0.25, -0.2) is 23.2 Å². The predicted molar refractivity (Wildman–Crippen MR) is 135 cm³/mol. The quantitative estimate of drug-likeness (QED) is 0.393. The van der Waals surface area contributed by atoms with Crippen molar-refractivity contribution in [2.24, 2.45) is 5.92 Å². The zero-order valence-corrected chi connectivity index (χ0v) is 21.0. The lowest BCUT2D eigenvalue weighted by Crippen LogP contribution is -2.36.